The van der Waals surface area contributed by atoms with Gasteiger partial charge in [-0.1, -0.05) is 357 Å². The maximum atomic E-state index is 2.43. The van der Waals surface area contributed by atoms with Crippen molar-refractivity contribution in [3.8, 4) is 11.1 Å². The van der Waals surface area contributed by atoms with Crippen molar-refractivity contribution in [3.63, 3.8) is 0 Å². The van der Waals surface area contributed by atoms with E-state index in [-0.39, 0.29) is 60.8 Å². The maximum Gasteiger partial charge on any atom is 0 e. The molecule has 0 amide bonds. The van der Waals surface area contributed by atoms with Gasteiger partial charge >= 0.3 is 0 Å². The van der Waals surface area contributed by atoms with Crippen molar-refractivity contribution in [2.24, 2.45) is 47.3 Å². The summed E-state index contributed by atoms with van der Waals surface area (Å²) in [5, 5.41) is 5.41. The minimum absolute atomic E-state index is 0. The summed E-state index contributed by atoms with van der Waals surface area (Å²) in [5.74, 6) is 8.34. The summed E-state index contributed by atoms with van der Waals surface area (Å²) in [6.45, 7) is 31.3. The Morgan fingerprint density at radius 3 is 0.679 bits per heavy atom. The van der Waals surface area contributed by atoms with E-state index in [4.69, 9.17) is 0 Å². The first kappa shape index (κ1) is 85.5. The van der Waals surface area contributed by atoms with Crippen molar-refractivity contribution in [2.75, 3.05) is 0 Å². The fraction of sp³-hybridized carbons (Fsp3) is 0.548. The van der Waals surface area contributed by atoms with Crippen LogP contribution in [0.1, 0.15) is 250 Å². The van der Waals surface area contributed by atoms with Gasteiger partial charge in [0, 0.05) is 1.43 Å². The summed E-state index contributed by atoms with van der Waals surface area (Å²) >= 11 is 0. The molecule has 0 N–H and O–H groups in total. The van der Waals surface area contributed by atoms with Gasteiger partial charge in [-0.3, -0.25) is 0 Å². The first-order valence-electron chi connectivity index (χ1n) is 30.5. The van der Waals surface area contributed by atoms with Gasteiger partial charge in [-0.15, -0.1) is 0 Å². The highest BCUT2D eigenvalue weighted by molar-refractivity contribution is 5.88. The number of aryl methyl sites for hydroxylation is 8. The smallest absolute Gasteiger partial charge is 0 e. The van der Waals surface area contributed by atoms with E-state index in [0.29, 0.717) is 0 Å². The molecule has 0 aromatic heterocycles. The van der Waals surface area contributed by atoms with Crippen LogP contribution in [-0.4, -0.2) is 0 Å². The van der Waals surface area contributed by atoms with Gasteiger partial charge in [-0.05, 0) is 172 Å². The molecule has 4 saturated carbocycles. The average Bonchev–Trinajstić information content (AvgIpc) is 3.49. The Balaban J connectivity index is -0.000000291. The van der Waals surface area contributed by atoms with Crippen LogP contribution in [0.4, 0.5) is 0 Å². The molecule has 0 atom stereocenters. The molecule has 4 aliphatic carbocycles. The van der Waals surface area contributed by atoms with Crippen molar-refractivity contribution >= 4 is 21.5 Å². The lowest BCUT2D eigenvalue weighted by Crippen LogP contribution is -2.24. The van der Waals surface area contributed by atoms with Crippen molar-refractivity contribution in [3.05, 3.63) is 190 Å². The molecule has 0 aliphatic heterocycles. The third-order valence-electron chi connectivity index (χ3n) is 17.6. The lowest BCUT2D eigenvalue weighted by molar-refractivity contribution is 0.155. The number of benzene rings is 7. The summed E-state index contributed by atoms with van der Waals surface area (Å²) in [6.07, 6.45) is 24.0. The van der Waals surface area contributed by atoms with E-state index in [0.717, 1.165) is 47.3 Å². The minimum Gasteiger partial charge on any atom is -0.0776 e. The van der Waals surface area contributed by atoms with Gasteiger partial charge in [0.05, 0.1) is 0 Å². The zero-order valence-electron chi connectivity index (χ0n) is 50.8. The summed E-state index contributed by atoms with van der Waals surface area (Å²) in [6, 6.07) is 51.7. The standard InChI is InChI=1S/C14H26.C14H14.2C12H12.2C8H16.C8H10.8CH4.H2/c2*1-11-3-7-13(8-4-11)14-9-5-12(2)6-10-14;1-9-3-5-12-8-10(2)4-6-11(12)7-9;1-9-5-3-8-12-10(2)6-4-7-11(9)12;3*1-7-3-5-8(2)6-4-7;;;;;;;;;/h11-14H,3-10H2,1-2H3;3-10H,1-2H3;2*3-8H,1-2H3;2*7-8H,3-6H2,1-2H3;3-6H,1-2H3;8*1H4;1H/i;;;;;;;;;;;;;;;1+1. The number of fused-ring (bicyclic) bond motifs is 2. The second-order valence-electron chi connectivity index (χ2n) is 25.3. The van der Waals surface area contributed by atoms with Crippen LogP contribution in [0.2, 0.25) is 0 Å². The Labute approximate surface area is 527 Å². The van der Waals surface area contributed by atoms with Crippen molar-refractivity contribution in [2.45, 2.75) is 259 Å². The molecule has 84 heavy (non-hydrogen) atoms. The van der Waals surface area contributed by atoms with Crippen LogP contribution in [0.5, 0.6) is 0 Å². The Kier molecular flexibility index (Phi) is 46.2. The second-order valence-corrected chi connectivity index (χ2v) is 25.3. The summed E-state index contributed by atoms with van der Waals surface area (Å²) < 4.78 is 0. The number of hydrogen-bond donors (Lipinski definition) is 0. The van der Waals surface area contributed by atoms with Gasteiger partial charge in [0.15, 0.2) is 0 Å². The minimum atomic E-state index is 0. The Morgan fingerprint density at radius 1 is 0.238 bits per heavy atom. The summed E-state index contributed by atoms with van der Waals surface area (Å²) in [7, 11) is 0. The highest BCUT2D eigenvalue weighted by Gasteiger charge is 2.28. The van der Waals surface area contributed by atoms with E-state index in [9.17, 15) is 0 Å². The predicted octanol–water partition coefficient (Wildman–Crippen LogP) is 28.8. The molecule has 7 aromatic carbocycles. The molecule has 0 bridgehead atoms. The molecule has 0 radical (unpaired) electrons. The van der Waals surface area contributed by atoms with Crippen LogP contribution in [0.15, 0.2) is 146 Å². The first-order chi connectivity index (χ1) is 36.4. The molecule has 0 saturated heterocycles. The van der Waals surface area contributed by atoms with Gasteiger partial charge < -0.3 is 0 Å². The largest absolute Gasteiger partial charge is 0.0776 e. The topological polar surface area (TPSA) is 0 Å². The molecule has 4 aliphatic rings. The van der Waals surface area contributed by atoms with Crippen molar-refractivity contribution in [1.82, 2.24) is 0 Å². The Morgan fingerprint density at radius 2 is 0.440 bits per heavy atom. The van der Waals surface area contributed by atoms with E-state index in [1.807, 2.05) is 0 Å². The molecule has 11 rings (SSSR count). The van der Waals surface area contributed by atoms with Crippen LogP contribution >= 0.6 is 0 Å². The molecule has 0 nitrogen and oxygen atoms in total. The molecule has 476 valence electrons. The van der Waals surface area contributed by atoms with E-state index in [2.05, 4.69) is 243 Å². The van der Waals surface area contributed by atoms with E-state index in [1.165, 1.54) is 154 Å². The average molecular weight is 1150 g/mol. The van der Waals surface area contributed by atoms with Crippen molar-refractivity contribution in [1.29, 1.82) is 0 Å². The van der Waals surface area contributed by atoms with Crippen LogP contribution < -0.4 is 0 Å². The third kappa shape index (κ3) is 31.4. The molecule has 0 heterocycles. The van der Waals surface area contributed by atoms with Gasteiger partial charge in [0.1, 0.15) is 0 Å². The zero-order chi connectivity index (χ0) is 55.0. The fourth-order valence-corrected chi connectivity index (χ4v) is 11.6. The zero-order valence-corrected chi connectivity index (χ0v) is 50.8. The third-order valence-corrected chi connectivity index (χ3v) is 17.6. The predicted molar refractivity (Wildman–Crippen MR) is 396 cm³/mol. The highest BCUT2D eigenvalue weighted by atomic mass is 14.3. The summed E-state index contributed by atoms with van der Waals surface area (Å²) in [5.41, 5.74) is 13.2. The fourth-order valence-electron chi connectivity index (χ4n) is 11.6. The lowest BCUT2D eigenvalue weighted by Gasteiger charge is -2.36. The Bertz CT molecular complexity index is 2450. The van der Waals surface area contributed by atoms with E-state index < -0.39 is 0 Å². The SMILES string of the molecule is C.C.C.C.C.C.C.C.CC1CCC(C)CC1.CC1CCC(C)CC1.CC1CCC(C2CCC(C)CC2)CC1.Cc1ccc(-c2ccc(C)cc2)cc1.Cc1ccc(C)cc1.Cc1ccc2cc(C)ccc2c1.Cc1cccc2c(C)cccc12.[2HH]. The van der Waals surface area contributed by atoms with Crippen LogP contribution in [0.25, 0.3) is 32.7 Å². The number of rotatable bonds is 2. The molecule has 0 heteroatoms. The molecule has 7 aromatic rings. The monoisotopic (exact) mass is 1150 g/mol. The quantitative estimate of drug-likeness (QED) is 0.162. The van der Waals surface area contributed by atoms with E-state index in [1.54, 1.807) is 25.7 Å². The van der Waals surface area contributed by atoms with Crippen LogP contribution in [0.3, 0.4) is 0 Å². The van der Waals surface area contributed by atoms with Crippen molar-refractivity contribution < 1.29 is 1.43 Å². The second kappa shape index (κ2) is 45.4. The van der Waals surface area contributed by atoms with E-state index >= 15 is 0 Å². The molecular formula is C84H140. The van der Waals surface area contributed by atoms with Gasteiger partial charge in [0.25, 0.3) is 0 Å². The molecular weight excluding hydrogens is 1010 g/mol. The lowest BCUT2D eigenvalue weighted by atomic mass is 9.70. The summed E-state index contributed by atoms with van der Waals surface area (Å²) in [4.78, 5) is 0. The van der Waals surface area contributed by atoms with Gasteiger partial charge in [-0.25, -0.2) is 0 Å². The molecule has 0 unspecified atom stereocenters. The number of hydrogen-bond acceptors (Lipinski definition) is 0. The molecule has 4 fully saturated rings. The van der Waals surface area contributed by atoms with Crippen LogP contribution in [0, 0.1) is 103 Å². The normalized spacial score (nSPS) is 20.6. The van der Waals surface area contributed by atoms with Gasteiger partial charge in [0.2, 0.25) is 0 Å². The molecule has 0 spiro atoms. The first-order valence-corrected chi connectivity index (χ1v) is 30.5. The van der Waals surface area contributed by atoms with Gasteiger partial charge in [-0.2, -0.15) is 0 Å². The highest BCUT2D eigenvalue weighted by Crippen LogP contribution is 2.41. The van der Waals surface area contributed by atoms with Crippen LogP contribution in [-0.2, 0) is 0 Å². The Hall–Kier alpha value is -4.94. The maximum absolute atomic E-state index is 2.43.